The number of hydrogen-bond acceptors (Lipinski definition) is 3. The zero-order valence-corrected chi connectivity index (χ0v) is 13.0. The predicted octanol–water partition coefficient (Wildman–Crippen LogP) is 2.57. The number of anilines is 1. The van der Waals surface area contributed by atoms with Crippen molar-refractivity contribution in [1.82, 2.24) is 4.90 Å². The molecule has 2 N–H and O–H groups in total. The summed E-state index contributed by atoms with van der Waals surface area (Å²) in [6, 6.07) is 11.7. The number of nitrogens with two attached hydrogens (primary N) is 1. The lowest BCUT2D eigenvalue weighted by Crippen LogP contribution is -2.51. The lowest BCUT2D eigenvalue weighted by molar-refractivity contribution is 0.380. The topological polar surface area (TPSA) is 58.0 Å². The molecule has 116 valence electrons. The summed E-state index contributed by atoms with van der Waals surface area (Å²) >= 11 is 5.93. The van der Waals surface area contributed by atoms with Crippen molar-refractivity contribution in [3.63, 3.8) is 0 Å². The molecule has 0 saturated carbocycles. The minimum absolute atomic E-state index is 0.482. The van der Waals surface area contributed by atoms with Crippen LogP contribution in [0.15, 0.2) is 52.1 Å². The van der Waals surface area contributed by atoms with Crippen LogP contribution in [0.25, 0.3) is 0 Å². The molecule has 6 heteroatoms. The summed E-state index contributed by atoms with van der Waals surface area (Å²) in [6.07, 6.45) is 1.64. The molecule has 0 unspecified atom stereocenters. The first-order valence-corrected chi connectivity index (χ1v) is 7.68. The maximum Gasteiger partial charge on any atom is 0.191 e. The van der Waals surface area contributed by atoms with Gasteiger partial charge >= 0.3 is 0 Å². The highest BCUT2D eigenvalue weighted by Gasteiger charge is 2.18. The second-order valence-corrected chi connectivity index (χ2v) is 5.64. The summed E-state index contributed by atoms with van der Waals surface area (Å²) in [5.74, 6) is 1.40. The zero-order valence-electron chi connectivity index (χ0n) is 12.3. The molecule has 3 rings (SSSR count). The molecule has 0 aliphatic carbocycles. The largest absolute Gasteiger partial charge is 0.467 e. The van der Waals surface area contributed by atoms with Gasteiger partial charge in [0.15, 0.2) is 5.96 Å². The van der Waals surface area contributed by atoms with Crippen LogP contribution in [0, 0.1) is 0 Å². The first-order valence-electron chi connectivity index (χ1n) is 7.30. The van der Waals surface area contributed by atoms with E-state index in [4.69, 9.17) is 21.8 Å². The van der Waals surface area contributed by atoms with E-state index in [0.717, 1.165) is 37.0 Å². The van der Waals surface area contributed by atoms with Crippen molar-refractivity contribution in [2.75, 3.05) is 31.1 Å². The average Bonchev–Trinajstić information content (AvgIpc) is 3.07. The highest BCUT2D eigenvalue weighted by Crippen LogP contribution is 2.19. The van der Waals surface area contributed by atoms with Gasteiger partial charge in [-0.1, -0.05) is 11.6 Å². The van der Waals surface area contributed by atoms with Crippen molar-refractivity contribution >= 4 is 23.2 Å². The number of furan rings is 1. The number of halogens is 1. The van der Waals surface area contributed by atoms with Crippen LogP contribution in [0.3, 0.4) is 0 Å². The lowest BCUT2D eigenvalue weighted by atomic mass is 10.2. The van der Waals surface area contributed by atoms with E-state index < -0.39 is 0 Å². The van der Waals surface area contributed by atoms with Gasteiger partial charge in [-0.15, -0.1) is 0 Å². The van der Waals surface area contributed by atoms with Crippen LogP contribution in [0.4, 0.5) is 5.69 Å². The van der Waals surface area contributed by atoms with Crippen LogP contribution in [-0.4, -0.2) is 37.0 Å². The second-order valence-electron chi connectivity index (χ2n) is 5.20. The minimum atomic E-state index is 0.482. The summed E-state index contributed by atoms with van der Waals surface area (Å²) in [5, 5.41) is 0.761. The van der Waals surface area contributed by atoms with E-state index in [-0.39, 0.29) is 0 Å². The molecule has 0 atom stereocenters. The Morgan fingerprint density at radius 2 is 1.86 bits per heavy atom. The number of rotatable bonds is 3. The summed E-state index contributed by atoms with van der Waals surface area (Å²) in [7, 11) is 0. The van der Waals surface area contributed by atoms with Gasteiger partial charge in [0.05, 0.1) is 6.26 Å². The van der Waals surface area contributed by atoms with Gasteiger partial charge < -0.3 is 20.0 Å². The molecule has 5 nitrogen and oxygen atoms in total. The smallest absolute Gasteiger partial charge is 0.191 e. The van der Waals surface area contributed by atoms with Crippen LogP contribution in [-0.2, 0) is 6.54 Å². The molecular formula is C16H19ClN4O. The highest BCUT2D eigenvalue weighted by atomic mass is 35.5. The number of hydrogen-bond donors (Lipinski definition) is 1. The van der Waals surface area contributed by atoms with Crippen molar-refractivity contribution in [2.45, 2.75) is 6.54 Å². The Morgan fingerprint density at radius 3 is 2.50 bits per heavy atom. The summed E-state index contributed by atoms with van der Waals surface area (Å²) in [5.41, 5.74) is 7.26. The normalized spacial score (nSPS) is 16.1. The molecule has 1 aliphatic rings. The van der Waals surface area contributed by atoms with Crippen LogP contribution < -0.4 is 10.6 Å². The maximum atomic E-state index is 6.07. The van der Waals surface area contributed by atoms with Gasteiger partial charge in [0, 0.05) is 36.9 Å². The number of benzene rings is 1. The van der Waals surface area contributed by atoms with Gasteiger partial charge in [-0.25, -0.2) is 4.99 Å². The van der Waals surface area contributed by atoms with E-state index in [9.17, 15) is 0 Å². The van der Waals surface area contributed by atoms with E-state index in [1.807, 2.05) is 36.4 Å². The molecule has 2 heterocycles. The highest BCUT2D eigenvalue weighted by molar-refractivity contribution is 6.30. The lowest BCUT2D eigenvalue weighted by Gasteiger charge is -2.36. The van der Waals surface area contributed by atoms with E-state index >= 15 is 0 Å². The van der Waals surface area contributed by atoms with Crippen LogP contribution in [0.5, 0.6) is 0 Å². The summed E-state index contributed by atoms with van der Waals surface area (Å²) in [6.45, 7) is 4.03. The van der Waals surface area contributed by atoms with Crippen molar-refractivity contribution in [2.24, 2.45) is 10.7 Å². The van der Waals surface area contributed by atoms with E-state index in [0.29, 0.717) is 12.5 Å². The van der Waals surface area contributed by atoms with Crippen molar-refractivity contribution in [3.8, 4) is 0 Å². The fourth-order valence-electron chi connectivity index (χ4n) is 2.51. The molecule has 1 aromatic carbocycles. The number of nitrogens with zero attached hydrogens (tertiary/aromatic N) is 3. The van der Waals surface area contributed by atoms with Gasteiger partial charge in [0.25, 0.3) is 0 Å². The summed E-state index contributed by atoms with van der Waals surface area (Å²) in [4.78, 5) is 8.82. The third kappa shape index (κ3) is 3.54. The maximum absolute atomic E-state index is 6.07. The second kappa shape index (κ2) is 6.75. The molecule has 0 spiro atoms. The Balaban J connectivity index is 1.54. The standard InChI is InChI=1S/C16H19ClN4O/c17-13-3-5-14(6-4-13)20-7-9-21(10-8-20)16(18)19-12-15-2-1-11-22-15/h1-6,11H,7-10,12H2,(H2,18,19). The Bertz CT molecular complexity index is 616. The number of guanidine groups is 1. The minimum Gasteiger partial charge on any atom is -0.467 e. The van der Waals surface area contributed by atoms with Gasteiger partial charge in [0.1, 0.15) is 12.3 Å². The van der Waals surface area contributed by atoms with Crippen molar-refractivity contribution < 1.29 is 4.42 Å². The van der Waals surface area contributed by atoms with Crippen LogP contribution >= 0.6 is 11.6 Å². The van der Waals surface area contributed by atoms with Gasteiger partial charge in [0.2, 0.25) is 0 Å². The molecule has 1 aliphatic heterocycles. The Hall–Kier alpha value is -2.14. The quantitative estimate of drug-likeness (QED) is 0.698. The summed E-state index contributed by atoms with van der Waals surface area (Å²) < 4.78 is 5.26. The van der Waals surface area contributed by atoms with Gasteiger partial charge in [-0.2, -0.15) is 0 Å². The molecule has 1 aromatic heterocycles. The van der Waals surface area contributed by atoms with Gasteiger partial charge in [-0.3, -0.25) is 0 Å². The Morgan fingerprint density at radius 1 is 1.14 bits per heavy atom. The molecule has 1 saturated heterocycles. The molecule has 0 bridgehead atoms. The zero-order chi connectivity index (χ0) is 15.4. The van der Waals surface area contributed by atoms with Crippen LogP contribution in [0.2, 0.25) is 5.02 Å². The van der Waals surface area contributed by atoms with Crippen LogP contribution in [0.1, 0.15) is 5.76 Å². The van der Waals surface area contributed by atoms with E-state index in [1.54, 1.807) is 6.26 Å². The van der Waals surface area contributed by atoms with E-state index in [1.165, 1.54) is 5.69 Å². The Kier molecular flexibility index (Phi) is 4.53. The predicted molar refractivity (Wildman–Crippen MR) is 89.3 cm³/mol. The number of piperazine rings is 1. The first-order chi connectivity index (χ1) is 10.7. The Labute approximate surface area is 135 Å². The molecule has 0 radical (unpaired) electrons. The van der Waals surface area contributed by atoms with Crippen molar-refractivity contribution in [1.29, 1.82) is 0 Å². The monoisotopic (exact) mass is 318 g/mol. The molecule has 22 heavy (non-hydrogen) atoms. The third-order valence-electron chi connectivity index (χ3n) is 3.77. The molecule has 1 fully saturated rings. The number of aliphatic imine (C=N–C) groups is 1. The fraction of sp³-hybridized carbons (Fsp3) is 0.312. The van der Waals surface area contributed by atoms with Gasteiger partial charge in [-0.05, 0) is 36.4 Å². The van der Waals surface area contributed by atoms with Crippen molar-refractivity contribution in [3.05, 3.63) is 53.4 Å². The van der Waals surface area contributed by atoms with E-state index in [2.05, 4.69) is 14.8 Å². The molecule has 2 aromatic rings. The first kappa shape index (κ1) is 14.8. The molecular weight excluding hydrogens is 300 g/mol. The third-order valence-corrected chi connectivity index (χ3v) is 4.02. The average molecular weight is 319 g/mol. The molecule has 0 amide bonds. The fourth-order valence-corrected chi connectivity index (χ4v) is 2.63. The SMILES string of the molecule is NC(=NCc1ccco1)N1CCN(c2ccc(Cl)cc2)CC1.